The lowest BCUT2D eigenvalue weighted by molar-refractivity contribution is -0.382. The van der Waals surface area contributed by atoms with Crippen LogP contribution < -0.4 is 27.9 Å². The fraction of sp³-hybridized carbons (Fsp3) is 0.250. The van der Waals surface area contributed by atoms with E-state index in [4.69, 9.17) is 11.5 Å². The monoisotopic (exact) mass is 300 g/mol. The SMILES string of the molecule is Nc1[nH]n2c(=O)cc(CNNC(N)S)nc2c1[N+](=O)[O-]. The number of hydrogen-bond donors (Lipinski definition) is 6. The summed E-state index contributed by atoms with van der Waals surface area (Å²) in [6, 6.07) is 1.21. The summed E-state index contributed by atoms with van der Waals surface area (Å²) in [5, 5.41) is 13.3. The molecule has 2 heterocycles. The van der Waals surface area contributed by atoms with Crippen LogP contribution in [0.1, 0.15) is 5.69 Å². The van der Waals surface area contributed by atoms with E-state index in [2.05, 4.69) is 33.6 Å². The minimum Gasteiger partial charge on any atom is -0.378 e. The number of nitrogens with one attached hydrogen (secondary N) is 3. The maximum absolute atomic E-state index is 11.8. The molecule has 1 unspecified atom stereocenters. The molecule has 12 heteroatoms. The van der Waals surface area contributed by atoms with Crippen LogP contribution in [0.2, 0.25) is 0 Å². The van der Waals surface area contributed by atoms with Crippen LogP contribution in [0, 0.1) is 10.1 Å². The number of aromatic nitrogens is 3. The lowest BCUT2D eigenvalue weighted by Gasteiger charge is -2.08. The van der Waals surface area contributed by atoms with Gasteiger partial charge in [-0.2, -0.15) is 4.52 Å². The van der Waals surface area contributed by atoms with Gasteiger partial charge in [-0.05, 0) is 0 Å². The number of anilines is 1. The molecular formula is C8H12N8O3S. The van der Waals surface area contributed by atoms with E-state index >= 15 is 0 Å². The molecule has 7 N–H and O–H groups in total. The maximum Gasteiger partial charge on any atom is 0.354 e. The Morgan fingerprint density at radius 2 is 2.35 bits per heavy atom. The second-order valence-corrected chi connectivity index (χ2v) is 4.37. The van der Waals surface area contributed by atoms with Gasteiger partial charge in [0.25, 0.3) is 5.56 Å². The van der Waals surface area contributed by atoms with E-state index in [1.807, 2.05) is 0 Å². The van der Waals surface area contributed by atoms with Crippen molar-refractivity contribution >= 4 is 29.8 Å². The molecule has 0 radical (unpaired) electrons. The number of H-pyrrole nitrogens is 1. The van der Waals surface area contributed by atoms with Gasteiger partial charge in [0.1, 0.15) is 5.50 Å². The van der Waals surface area contributed by atoms with Crippen molar-refractivity contribution in [2.24, 2.45) is 5.73 Å². The first kappa shape index (κ1) is 14.3. The number of aromatic amines is 1. The van der Waals surface area contributed by atoms with Crippen molar-refractivity contribution in [1.29, 1.82) is 0 Å². The van der Waals surface area contributed by atoms with Crippen molar-refractivity contribution < 1.29 is 4.92 Å². The third-order valence-corrected chi connectivity index (χ3v) is 2.50. The number of hydrazine groups is 1. The Hall–Kier alpha value is -2.15. The van der Waals surface area contributed by atoms with Crippen LogP contribution in [0.5, 0.6) is 0 Å². The van der Waals surface area contributed by atoms with Crippen molar-refractivity contribution in [1.82, 2.24) is 25.4 Å². The molecule has 2 aromatic heterocycles. The molecule has 1 atom stereocenters. The molecule has 0 bridgehead atoms. The van der Waals surface area contributed by atoms with E-state index in [-0.39, 0.29) is 18.0 Å². The van der Waals surface area contributed by atoms with Crippen molar-refractivity contribution in [2.75, 3.05) is 5.73 Å². The zero-order valence-corrected chi connectivity index (χ0v) is 10.9. The lowest BCUT2D eigenvalue weighted by Crippen LogP contribution is -2.42. The molecule has 20 heavy (non-hydrogen) atoms. The van der Waals surface area contributed by atoms with Gasteiger partial charge in [0.05, 0.1) is 17.2 Å². The predicted octanol–water partition coefficient (Wildman–Crippen LogP) is -1.72. The Morgan fingerprint density at radius 1 is 1.65 bits per heavy atom. The minimum absolute atomic E-state index is 0.127. The molecule has 2 rings (SSSR count). The molecule has 0 aliphatic rings. The first-order valence-electron chi connectivity index (χ1n) is 5.36. The number of rotatable bonds is 5. The Morgan fingerprint density at radius 3 is 2.95 bits per heavy atom. The summed E-state index contributed by atoms with van der Waals surface area (Å²) in [4.78, 5) is 26.0. The largest absolute Gasteiger partial charge is 0.378 e. The molecule has 0 aliphatic heterocycles. The Kier molecular flexibility index (Phi) is 3.89. The van der Waals surface area contributed by atoms with Crippen LogP contribution in [0.3, 0.4) is 0 Å². The Balaban J connectivity index is 2.42. The van der Waals surface area contributed by atoms with E-state index in [0.717, 1.165) is 4.52 Å². The molecule has 0 saturated heterocycles. The highest BCUT2D eigenvalue weighted by atomic mass is 32.1. The van der Waals surface area contributed by atoms with E-state index in [1.165, 1.54) is 6.07 Å². The van der Waals surface area contributed by atoms with Gasteiger partial charge in [-0.15, -0.1) is 12.6 Å². The van der Waals surface area contributed by atoms with Crippen LogP contribution in [0.4, 0.5) is 11.5 Å². The first-order chi connectivity index (χ1) is 9.40. The van der Waals surface area contributed by atoms with Crippen molar-refractivity contribution in [3.05, 3.63) is 32.2 Å². The fourth-order valence-electron chi connectivity index (χ4n) is 1.61. The van der Waals surface area contributed by atoms with Gasteiger partial charge in [0.15, 0.2) is 5.82 Å². The molecule has 108 valence electrons. The molecule has 0 aromatic carbocycles. The number of hydrogen-bond acceptors (Lipinski definition) is 9. The molecule has 0 aliphatic carbocycles. The first-order valence-corrected chi connectivity index (χ1v) is 5.88. The topological polar surface area (TPSA) is 169 Å². The van der Waals surface area contributed by atoms with Crippen molar-refractivity contribution in [3.8, 4) is 0 Å². The highest BCUT2D eigenvalue weighted by Crippen LogP contribution is 2.23. The highest BCUT2D eigenvalue weighted by Gasteiger charge is 2.23. The van der Waals surface area contributed by atoms with Crippen molar-refractivity contribution in [3.63, 3.8) is 0 Å². The van der Waals surface area contributed by atoms with Gasteiger partial charge in [0.2, 0.25) is 5.65 Å². The number of thiol groups is 1. The summed E-state index contributed by atoms with van der Waals surface area (Å²) in [6.45, 7) is 0.127. The zero-order chi connectivity index (χ0) is 14.9. The average Bonchev–Trinajstić information content (AvgIpc) is 2.65. The summed E-state index contributed by atoms with van der Waals surface area (Å²) in [6.07, 6.45) is 0. The van der Waals surface area contributed by atoms with Crippen LogP contribution in [0.25, 0.3) is 5.65 Å². The van der Waals surface area contributed by atoms with Crippen LogP contribution >= 0.6 is 12.6 Å². The standard InChI is InChI=1S/C8H12N8O3S/c9-6-5(16(18)19)7-12-3(2-11-13-8(10)20)1-4(17)15(7)14-6/h1,8,11,13-14,20H,2,9-10H2. The summed E-state index contributed by atoms with van der Waals surface area (Å²) in [5.74, 6) is -0.236. The predicted molar refractivity (Wildman–Crippen MR) is 73.8 cm³/mol. The summed E-state index contributed by atoms with van der Waals surface area (Å²) >= 11 is 3.88. The quantitative estimate of drug-likeness (QED) is 0.164. The second kappa shape index (κ2) is 5.46. The molecular weight excluding hydrogens is 288 g/mol. The Bertz CT molecular complexity index is 708. The number of nitrogens with two attached hydrogens (primary N) is 2. The van der Waals surface area contributed by atoms with Gasteiger partial charge in [-0.3, -0.25) is 20.0 Å². The third-order valence-electron chi connectivity index (χ3n) is 2.37. The maximum atomic E-state index is 11.8. The molecule has 11 nitrogen and oxygen atoms in total. The summed E-state index contributed by atoms with van der Waals surface area (Å²) in [7, 11) is 0. The van der Waals surface area contributed by atoms with E-state index in [0.29, 0.717) is 5.69 Å². The number of nitrogens with zero attached hydrogens (tertiary/aromatic N) is 3. The van der Waals surface area contributed by atoms with Gasteiger partial charge >= 0.3 is 5.69 Å². The summed E-state index contributed by atoms with van der Waals surface area (Å²) < 4.78 is 0.911. The van der Waals surface area contributed by atoms with E-state index in [9.17, 15) is 14.9 Å². The lowest BCUT2D eigenvalue weighted by atomic mass is 10.4. The van der Waals surface area contributed by atoms with E-state index < -0.39 is 21.7 Å². The molecule has 0 saturated carbocycles. The third kappa shape index (κ3) is 2.72. The van der Waals surface area contributed by atoms with Gasteiger partial charge in [0, 0.05) is 6.07 Å². The normalized spacial score (nSPS) is 12.7. The smallest absolute Gasteiger partial charge is 0.354 e. The number of fused-ring (bicyclic) bond motifs is 1. The van der Waals surface area contributed by atoms with Crippen molar-refractivity contribution in [2.45, 2.75) is 12.0 Å². The Labute approximate surface area is 116 Å². The average molecular weight is 300 g/mol. The number of nitro groups is 1. The highest BCUT2D eigenvalue weighted by molar-refractivity contribution is 7.80. The van der Waals surface area contributed by atoms with Crippen LogP contribution in [-0.4, -0.2) is 25.0 Å². The van der Waals surface area contributed by atoms with Gasteiger partial charge in [-0.1, -0.05) is 0 Å². The molecule has 0 amide bonds. The van der Waals surface area contributed by atoms with Crippen LogP contribution in [0.15, 0.2) is 10.9 Å². The minimum atomic E-state index is -0.702. The van der Waals surface area contributed by atoms with Gasteiger partial charge in [-0.25, -0.2) is 15.8 Å². The van der Waals surface area contributed by atoms with E-state index in [1.54, 1.807) is 0 Å². The molecule has 0 fully saturated rings. The fourth-order valence-corrected chi connectivity index (χ4v) is 1.70. The molecule has 2 aromatic rings. The van der Waals surface area contributed by atoms with Gasteiger partial charge < -0.3 is 11.5 Å². The zero-order valence-electron chi connectivity index (χ0n) is 10.0. The second-order valence-electron chi connectivity index (χ2n) is 3.82. The van der Waals surface area contributed by atoms with Crippen LogP contribution in [-0.2, 0) is 6.54 Å². The number of nitrogen functional groups attached to an aromatic ring is 1. The summed E-state index contributed by atoms with van der Waals surface area (Å²) in [5.41, 5.74) is 14.6. The molecule has 0 spiro atoms.